The largest absolute Gasteiger partial charge is 0.394 e. The van der Waals surface area contributed by atoms with Crippen LogP contribution in [0.15, 0.2) is 12.3 Å². The van der Waals surface area contributed by atoms with Crippen LogP contribution in [-0.2, 0) is 6.54 Å². The zero-order valence-electron chi connectivity index (χ0n) is 5.74. The van der Waals surface area contributed by atoms with Crippen molar-refractivity contribution in [2.24, 2.45) is 0 Å². The summed E-state index contributed by atoms with van der Waals surface area (Å²) in [6, 6.07) is 1.24. The molecule has 0 spiro atoms. The van der Waals surface area contributed by atoms with Gasteiger partial charge in [-0.2, -0.15) is 5.10 Å². The third-order valence-electron chi connectivity index (χ3n) is 1.28. The van der Waals surface area contributed by atoms with Gasteiger partial charge >= 0.3 is 0 Å². The average Bonchev–Trinajstić information content (AvgIpc) is 2.36. The number of halogens is 2. The number of aliphatic hydroxyl groups excluding tert-OH is 1. The molecule has 0 saturated carbocycles. The highest BCUT2D eigenvalue weighted by Gasteiger charge is 2.11. The molecule has 5 heteroatoms. The maximum Gasteiger partial charge on any atom is 0.280 e. The molecule has 1 rings (SSSR count). The standard InChI is InChI=1S/C6H8F2N2O/c7-6(8)5-1-2-9-10(5)3-4-11/h1-2,6,11H,3-4H2. The minimum atomic E-state index is -2.52. The van der Waals surface area contributed by atoms with Gasteiger partial charge in [0.25, 0.3) is 6.43 Å². The van der Waals surface area contributed by atoms with Crippen LogP contribution in [0.25, 0.3) is 0 Å². The highest BCUT2D eigenvalue weighted by Crippen LogP contribution is 2.17. The first-order valence-electron chi connectivity index (χ1n) is 3.16. The van der Waals surface area contributed by atoms with E-state index in [-0.39, 0.29) is 18.8 Å². The van der Waals surface area contributed by atoms with Gasteiger partial charge in [-0.1, -0.05) is 0 Å². The van der Waals surface area contributed by atoms with Gasteiger partial charge in [-0.3, -0.25) is 4.68 Å². The summed E-state index contributed by atoms with van der Waals surface area (Å²) in [6.45, 7) is -0.0614. The molecule has 0 aromatic carbocycles. The number of nitrogens with zero attached hydrogens (tertiary/aromatic N) is 2. The Hall–Kier alpha value is -0.970. The quantitative estimate of drug-likeness (QED) is 0.714. The lowest BCUT2D eigenvalue weighted by Gasteiger charge is -2.02. The lowest BCUT2D eigenvalue weighted by atomic mass is 10.4. The van der Waals surface area contributed by atoms with E-state index in [0.717, 1.165) is 4.68 Å². The van der Waals surface area contributed by atoms with E-state index in [4.69, 9.17) is 5.11 Å². The molecule has 0 amide bonds. The van der Waals surface area contributed by atoms with Crippen LogP contribution in [-0.4, -0.2) is 21.5 Å². The molecule has 0 aliphatic rings. The molecule has 0 fully saturated rings. The van der Waals surface area contributed by atoms with Crippen LogP contribution in [0.3, 0.4) is 0 Å². The number of aliphatic hydroxyl groups is 1. The molecule has 0 saturated heterocycles. The third kappa shape index (κ3) is 1.74. The van der Waals surface area contributed by atoms with E-state index in [9.17, 15) is 8.78 Å². The third-order valence-corrected chi connectivity index (χ3v) is 1.28. The minimum Gasteiger partial charge on any atom is -0.394 e. The van der Waals surface area contributed by atoms with Crippen molar-refractivity contribution < 1.29 is 13.9 Å². The van der Waals surface area contributed by atoms with Crippen molar-refractivity contribution in [3.05, 3.63) is 18.0 Å². The van der Waals surface area contributed by atoms with Crippen LogP contribution in [0.1, 0.15) is 12.1 Å². The fourth-order valence-electron chi connectivity index (χ4n) is 0.810. The van der Waals surface area contributed by atoms with Crippen LogP contribution in [0.5, 0.6) is 0 Å². The van der Waals surface area contributed by atoms with Gasteiger partial charge in [0.05, 0.1) is 13.2 Å². The first-order chi connectivity index (χ1) is 5.25. The molecule has 1 N–H and O–H groups in total. The van der Waals surface area contributed by atoms with Crippen molar-refractivity contribution in [1.29, 1.82) is 0 Å². The topological polar surface area (TPSA) is 38.0 Å². The van der Waals surface area contributed by atoms with Crippen molar-refractivity contribution in [2.75, 3.05) is 6.61 Å². The molecular formula is C6H8F2N2O. The summed E-state index contributed by atoms with van der Waals surface area (Å²) in [4.78, 5) is 0. The van der Waals surface area contributed by atoms with E-state index >= 15 is 0 Å². The highest BCUT2D eigenvalue weighted by molar-refractivity contribution is 5.01. The maximum atomic E-state index is 12.0. The lowest BCUT2D eigenvalue weighted by molar-refractivity contribution is 0.136. The zero-order chi connectivity index (χ0) is 8.27. The van der Waals surface area contributed by atoms with Gasteiger partial charge in [0.2, 0.25) is 0 Å². The summed E-state index contributed by atoms with van der Waals surface area (Å²) in [5.41, 5.74) is -0.154. The van der Waals surface area contributed by atoms with E-state index < -0.39 is 6.43 Å². The second-order valence-corrected chi connectivity index (χ2v) is 2.00. The summed E-state index contributed by atoms with van der Waals surface area (Å²) >= 11 is 0. The Labute approximate surface area is 62.3 Å². The predicted octanol–water partition coefficient (Wildman–Crippen LogP) is 0.813. The van der Waals surface area contributed by atoms with Crippen LogP contribution in [0.4, 0.5) is 8.78 Å². The van der Waals surface area contributed by atoms with Crippen molar-refractivity contribution in [3.63, 3.8) is 0 Å². The van der Waals surface area contributed by atoms with Crippen molar-refractivity contribution in [1.82, 2.24) is 9.78 Å². The fourth-order valence-corrected chi connectivity index (χ4v) is 0.810. The Balaban J connectivity index is 2.78. The van der Waals surface area contributed by atoms with Gasteiger partial charge in [0.15, 0.2) is 0 Å². The van der Waals surface area contributed by atoms with E-state index in [2.05, 4.69) is 5.10 Å². The average molecular weight is 162 g/mol. The second kappa shape index (κ2) is 3.43. The zero-order valence-corrected chi connectivity index (χ0v) is 5.74. The van der Waals surface area contributed by atoms with E-state index in [1.165, 1.54) is 12.3 Å². The molecule has 0 atom stereocenters. The molecule has 0 aliphatic carbocycles. The monoisotopic (exact) mass is 162 g/mol. The van der Waals surface area contributed by atoms with Crippen LogP contribution < -0.4 is 0 Å². The number of hydrogen-bond acceptors (Lipinski definition) is 2. The van der Waals surface area contributed by atoms with Crippen LogP contribution in [0, 0.1) is 0 Å². The Morgan fingerprint density at radius 3 is 2.91 bits per heavy atom. The molecule has 1 heterocycles. The predicted molar refractivity (Wildman–Crippen MR) is 34.3 cm³/mol. The molecule has 3 nitrogen and oxygen atoms in total. The molecule has 1 aromatic rings. The SMILES string of the molecule is OCCn1nccc1C(F)F. The second-order valence-electron chi connectivity index (χ2n) is 2.00. The summed E-state index contributed by atoms with van der Waals surface area (Å²) in [5.74, 6) is 0. The number of aromatic nitrogens is 2. The minimum absolute atomic E-state index is 0.118. The van der Waals surface area contributed by atoms with E-state index in [1.54, 1.807) is 0 Å². The summed E-state index contributed by atoms with van der Waals surface area (Å²) < 4.78 is 25.2. The number of rotatable bonds is 3. The molecule has 0 unspecified atom stereocenters. The smallest absolute Gasteiger partial charge is 0.280 e. The first-order valence-corrected chi connectivity index (χ1v) is 3.16. The first kappa shape index (κ1) is 8.13. The molecule has 11 heavy (non-hydrogen) atoms. The van der Waals surface area contributed by atoms with Crippen molar-refractivity contribution >= 4 is 0 Å². The van der Waals surface area contributed by atoms with Gasteiger partial charge in [0, 0.05) is 6.20 Å². The van der Waals surface area contributed by atoms with Gasteiger partial charge in [-0.15, -0.1) is 0 Å². The van der Waals surface area contributed by atoms with Crippen LogP contribution in [0.2, 0.25) is 0 Å². The van der Waals surface area contributed by atoms with Gasteiger partial charge < -0.3 is 5.11 Å². The Kier molecular flexibility index (Phi) is 2.53. The molecule has 62 valence electrons. The number of hydrogen-bond donors (Lipinski definition) is 1. The lowest BCUT2D eigenvalue weighted by Crippen LogP contribution is -2.07. The summed E-state index contributed by atoms with van der Waals surface area (Å²) in [6.07, 6.45) is -1.24. The van der Waals surface area contributed by atoms with Crippen molar-refractivity contribution in [3.8, 4) is 0 Å². The Morgan fingerprint density at radius 1 is 1.64 bits per heavy atom. The van der Waals surface area contributed by atoms with E-state index in [0.29, 0.717) is 0 Å². The Morgan fingerprint density at radius 2 is 2.36 bits per heavy atom. The van der Waals surface area contributed by atoms with Gasteiger partial charge in [-0.05, 0) is 6.07 Å². The summed E-state index contributed by atoms with van der Waals surface area (Å²) in [5, 5.41) is 12.0. The van der Waals surface area contributed by atoms with Gasteiger partial charge in [0.1, 0.15) is 5.69 Å². The molecular weight excluding hydrogens is 154 g/mol. The van der Waals surface area contributed by atoms with E-state index in [1.807, 2.05) is 0 Å². The molecule has 0 bridgehead atoms. The fraction of sp³-hybridized carbons (Fsp3) is 0.500. The maximum absolute atomic E-state index is 12.0. The summed E-state index contributed by atoms with van der Waals surface area (Å²) in [7, 11) is 0. The van der Waals surface area contributed by atoms with Crippen molar-refractivity contribution in [2.45, 2.75) is 13.0 Å². The highest BCUT2D eigenvalue weighted by atomic mass is 19.3. The van der Waals surface area contributed by atoms with Crippen LogP contribution >= 0.6 is 0 Å². The normalized spacial score (nSPS) is 10.9. The van der Waals surface area contributed by atoms with Gasteiger partial charge in [-0.25, -0.2) is 8.78 Å². The molecule has 1 aromatic heterocycles. The Bertz CT molecular complexity index is 224. The number of alkyl halides is 2. The molecule has 0 aliphatic heterocycles. The molecule has 0 radical (unpaired) electrons.